The predicted octanol–water partition coefficient (Wildman–Crippen LogP) is 4.16. The quantitative estimate of drug-likeness (QED) is 0.586. The maximum absolute atomic E-state index is 13.2. The summed E-state index contributed by atoms with van der Waals surface area (Å²) in [6.07, 6.45) is 1.57. The van der Waals surface area contributed by atoms with Crippen molar-refractivity contribution in [1.29, 1.82) is 0 Å². The zero-order chi connectivity index (χ0) is 20.1. The molecule has 2 aromatic rings. The first kappa shape index (κ1) is 23.8. The van der Waals surface area contributed by atoms with Crippen molar-refractivity contribution in [3.63, 3.8) is 0 Å². The average molecular weight is 457 g/mol. The number of nitrogens with zero attached hydrogens (tertiary/aromatic N) is 2. The number of halogens is 2. The Bertz CT molecular complexity index is 915. The Balaban J connectivity index is 0.00000300. The molecule has 1 aliphatic rings. The van der Waals surface area contributed by atoms with Gasteiger partial charge in [-0.25, -0.2) is 8.42 Å². The topological polar surface area (TPSA) is 57.7 Å². The molecule has 5 nitrogen and oxygen atoms in total. The van der Waals surface area contributed by atoms with Crippen molar-refractivity contribution >= 4 is 39.3 Å². The molecule has 158 valence electrons. The highest BCUT2D eigenvalue weighted by Crippen LogP contribution is 2.25. The van der Waals surface area contributed by atoms with Crippen LogP contribution in [0.3, 0.4) is 0 Å². The van der Waals surface area contributed by atoms with Crippen LogP contribution in [0.1, 0.15) is 35.7 Å². The Morgan fingerprint density at radius 3 is 2.34 bits per heavy atom. The number of piperidine rings is 1. The molecular formula is C21H26Cl2N2O3S. The Labute approximate surface area is 184 Å². The van der Waals surface area contributed by atoms with Crippen LogP contribution in [0.2, 0.25) is 0 Å². The van der Waals surface area contributed by atoms with Gasteiger partial charge in [-0.3, -0.25) is 9.69 Å². The molecule has 0 amide bonds. The first-order valence-electron chi connectivity index (χ1n) is 9.50. The van der Waals surface area contributed by atoms with E-state index in [-0.39, 0.29) is 28.9 Å². The van der Waals surface area contributed by atoms with Crippen LogP contribution in [0.25, 0.3) is 0 Å². The maximum atomic E-state index is 13.2. The lowest BCUT2D eigenvalue weighted by molar-refractivity contribution is 0.108. The maximum Gasteiger partial charge on any atom is 0.252 e. The van der Waals surface area contributed by atoms with E-state index in [0.29, 0.717) is 6.54 Å². The predicted molar refractivity (Wildman–Crippen MR) is 118 cm³/mol. The third-order valence-corrected chi connectivity index (χ3v) is 7.43. The number of benzene rings is 2. The van der Waals surface area contributed by atoms with Crippen molar-refractivity contribution in [3.8, 4) is 0 Å². The fraction of sp³-hybridized carbons (Fsp3) is 0.381. The van der Waals surface area contributed by atoms with Gasteiger partial charge in [0.25, 0.3) is 5.24 Å². The number of carbonyl (C=O) groups excluding carboxylic acids is 1. The van der Waals surface area contributed by atoms with Crippen LogP contribution in [-0.2, 0) is 16.6 Å². The molecule has 1 saturated heterocycles. The van der Waals surface area contributed by atoms with Gasteiger partial charge in [-0.15, -0.1) is 12.4 Å². The summed E-state index contributed by atoms with van der Waals surface area (Å²) in [4.78, 5) is 13.9. The first-order chi connectivity index (χ1) is 13.4. The number of carbonyl (C=O) groups is 1. The monoisotopic (exact) mass is 456 g/mol. The molecule has 0 radical (unpaired) electrons. The molecule has 0 aromatic heterocycles. The van der Waals surface area contributed by atoms with E-state index >= 15 is 0 Å². The smallest absolute Gasteiger partial charge is 0.252 e. The van der Waals surface area contributed by atoms with E-state index in [1.807, 2.05) is 25.1 Å². The molecule has 0 saturated carbocycles. The fourth-order valence-electron chi connectivity index (χ4n) is 3.75. The summed E-state index contributed by atoms with van der Waals surface area (Å²) in [7, 11) is -3.68. The van der Waals surface area contributed by atoms with Crippen LogP contribution in [0.15, 0.2) is 59.5 Å². The van der Waals surface area contributed by atoms with E-state index in [9.17, 15) is 13.2 Å². The summed E-state index contributed by atoms with van der Waals surface area (Å²) in [5.41, 5.74) is 1.46. The SMILES string of the molecule is CCN(C1CCN(Cc2ccccc2)CC1)S(=O)(=O)c1cccc(C(=O)Cl)c1.Cl. The minimum absolute atomic E-state index is 0. The summed E-state index contributed by atoms with van der Waals surface area (Å²) >= 11 is 5.52. The van der Waals surface area contributed by atoms with Crippen LogP contribution in [0, 0.1) is 0 Å². The van der Waals surface area contributed by atoms with Crippen molar-refractivity contribution in [2.75, 3.05) is 19.6 Å². The van der Waals surface area contributed by atoms with Gasteiger partial charge >= 0.3 is 0 Å². The molecule has 0 atom stereocenters. The lowest BCUT2D eigenvalue weighted by Crippen LogP contribution is -2.47. The number of hydrogen-bond donors (Lipinski definition) is 0. The fourth-order valence-corrected chi connectivity index (χ4v) is 5.60. The zero-order valence-corrected chi connectivity index (χ0v) is 18.7. The van der Waals surface area contributed by atoms with Crippen LogP contribution < -0.4 is 0 Å². The lowest BCUT2D eigenvalue weighted by atomic mass is 10.0. The molecule has 3 rings (SSSR count). The van der Waals surface area contributed by atoms with Crippen LogP contribution in [0.5, 0.6) is 0 Å². The Morgan fingerprint density at radius 1 is 1.10 bits per heavy atom. The molecule has 8 heteroatoms. The summed E-state index contributed by atoms with van der Waals surface area (Å²) < 4.78 is 27.9. The molecule has 1 aliphatic heterocycles. The highest BCUT2D eigenvalue weighted by molar-refractivity contribution is 7.89. The molecule has 2 aromatic carbocycles. The third-order valence-electron chi connectivity index (χ3n) is 5.19. The van der Waals surface area contributed by atoms with Crippen LogP contribution in [-0.4, -0.2) is 48.5 Å². The number of hydrogen-bond acceptors (Lipinski definition) is 4. The molecule has 0 bridgehead atoms. The zero-order valence-electron chi connectivity index (χ0n) is 16.3. The highest BCUT2D eigenvalue weighted by atomic mass is 35.5. The third kappa shape index (κ3) is 5.80. The normalized spacial score (nSPS) is 15.8. The Kier molecular flexibility index (Phi) is 8.67. The van der Waals surface area contributed by atoms with Crippen LogP contribution in [0.4, 0.5) is 0 Å². The second kappa shape index (κ2) is 10.5. The van der Waals surface area contributed by atoms with Gasteiger partial charge in [0.05, 0.1) is 4.90 Å². The number of rotatable bonds is 7. The largest absolute Gasteiger partial charge is 0.299 e. The van der Waals surface area contributed by atoms with E-state index < -0.39 is 15.3 Å². The molecule has 0 unspecified atom stereocenters. The summed E-state index contributed by atoms with van der Waals surface area (Å²) in [6, 6.07) is 16.2. The van der Waals surface area contributed by atoms with E-state index in [1.54, 1.807) is 10.4 Å². The highest BCUT2D eigenvalue weighted by Gasteiger charge is 2.33. The Hall–Kier alpha value is -1.44. The van der Waals surface area contributed by atoms with Gasteiger partial charge in [0.1, 0.15) is 0 Å². The van der Waals surface area contributed by atoms with Gasteiger partial charge in [0, 0.05) is 37.8 Å². The van der Waals surface area contributed by atoms with Gasteiger partial charge in [-0.1, -0.05) is 49.4 Å². The molecular weight excluding hydrogens is 431 g/mol. The van der Waals surface area contributed by atoms with E-state index in [1.165, 1.54) is 23.8 Å². The molecule has 0 N–H and O–H groups in total. The minimum Gasteiger partial charge on any atom is -0.299 e. The van der Waals surface area contributed by atoms with Gasteiger partial charge in [-0.2, -0.15) is 4.31 Å². The van der Waals surface area contributed by atoms with Crippen molar-refractivity contribution in [3.05, 3.63) is 65.7 Å². The number of sulfonamides is 1. The molecule has 1 heterocycles. The van der Waals surface area contributed by atoms with Crippen molar-refractivity contribution in [2.24, 2.45) is 0 Å². The second-order valence-corrected chi connectivity index (χ2v) is 9.24. The lowest BCUT2D eigenvalue weighted by Gasteiger charge is -2.37. The van der Waals surface area contributed by atoms with E-state index in [0.717, 1.165) is 32.5 Å². The summed E-state index contributed by atoms with van der Waals surface area (Å²) in [6.45, 7) is 4.83. The van der Waals surface area contributed by atoms with Gasteiger partial charge in [-0.05, 0) is 42.1 Å². The second-order valence-electron chi connectivity index (χ2n) is 7.00. The van der Waals surface area contributed by atoms with Crippen molar-refractivity contribution < 1.29 is 13.2 Å². The molecule has 29 heavy (non-hydrogen) atoms. The van der Waals surface area contributed by atoms with Gasteiger partial charge in [0.2, 0.25) is 10.0 Å². The summed E-state index contributed by atoms with van der Waals surface area (Å²) in [5, 5.41) is -0.658. The minimum atomic E-state index is -3.68. The van der Waals surface area contributed by atoms with Crippen molar-refractivity contribution in [1.82, 2.24) is 9.21 Å². The average Bonchev–Trinajstić information content (AvgIpc) is 2.70. The van der Waals surface area contributed by atoms with Crippen LogP contribution >= 0.6 is 24.0 Å². The molecule has 0 aliphatic carbocycles. The first-order valence-corrected chi connectivity index (χ1v) is 11.3. The summed E-state index contributed by atoms with van der Waals surface area (Å²) in [5.74, 6) is 0. The van der Waals surface area contributed by atoms with Gasteiger partial charge < -0.3 is 0 Å². The Morgan fingerprint density at radius 2 is 1.76 bits per heavy atom. The molecule has 1 fully saturated rings. The van der Waals surface area contributed by atoms with E-state index in [4.69, 9.17) is 11.6 Å². The standard InChI is InChI=1S/C21H25ClN2O3S.ClH/c1-2-24(28(26,27)20-10-6-9-18(15-20)21(22)25)19-11-13-23(14-12-19)16-17-7-4-3-5-8-17;/h3-10,15,19H,2,11-14,16H2,1H3;1H. The van der Waals surface area contributed by atoms with Gasteiger partial charge in [0.15, 0.2) is 0 Å². The van der Waals surface area contributed by atoms with Crippen molar-refractivity contribution in [2.45, 2.75) is 37.2 Å². The molecule has 0 spiro atoms. The number of likely N-dealkylation sites (tertiary alicyclic amines) is 1. The van der Waals surface area contributed by atoms with E-state index in [2.05, 4.69) is 17.0 Å².